The maximum Gasteiger partial charge on any atom is 0.274 e. The van der Waals surface area contributed by atoms with Crippen molar-refractivity contribution in [3.05, 3.63) is 65.3 Å². The average Bonchev–Trinajstić information content (AvgIpc) is 3.32. The molecule has 0 spiro atoms. The van der Waals surface area contributed by atoms with Crippen molar-refractivity contribution in [3.8, 4) is 10.8 Å². The Morgan fingerprint density at radius 2 is 2.04 bits per heavy atom. The van der Waals surface area contributed by atoms with Crippen molar-refractivity contribution in [1.29, 1.82) is 0 Å². The first-order chi connectivity index (χ1) is 12.6. The van der Waals surface area contributed by atoms with Gasteiger partial charge in [-0.25, -0.2) is 10.4 Å². The molecule has 0 bridgehead atoms. The highest BCUT2D eigenvalue weighted by Crippen LogP contribution is 2.30. The lowest BCUT2D eigenvalue weighted by Crippen LogP contribution is -2.17. The van der Waals surface area contributed by atoms with Crippen molar-refractivity contribution in [2.75, 3.05) is 0 Å². The van der Waals surface area contributed by atoms with Crippen molar-refractivity contribution in [1.82, 2.24) is 10.4 Å². The Hall–Kier alpha value is -3.19. The van der Waals surface area contributed by atoms with Crippen LogP contribution in [0.2, 0.25) is 0 Å². The Kier molecular flexibility index (Phi) is 4.14. The second-order valence-corrected chi connectivity index (χ2v) is 6.75. The third kappa shape index (κ3) is 3.16. The molecule has 1 aromatic carbocycles. The number of amides is 1. The molecule has 0 aliphatic carbocycles. The number of hydrogen-bond donors (Lipinski definition) is 1. The van der Waals surface area contributed by atoms with Crippen LogP contribution in [0, 0.1) is 13.8 Å². The fourth-order valence-electron chi connectivity index (χ4n) is 2.59. The van der Waals surface area contributed by atoms with Gasteiger partial charge in [-0.3, -0.25) is 4.79 Å². The number of hydrogen-bond acceptors (Lipinski definition) is 6. The number of thiazole rings is 1. The zero-order valence-corrected chi connectivity index (χ0v) is 15.0. The zero-order valence-electron chi connectivity index (χ0n) is 14.1. The number of nitrogens with zero attached hydrogens (tertiary/aromatic N) is 2. The van der Waals surface area contributed by atoms with Crippen LogP contribution in [-0.2, 0) is 0 Å². The van der Waals surface area contributed by atoms with Crippen LogP contribution in [0.15, 0.2) is 56.4 Å². The topological polar surface area (TPSA) is 80.6 Å². The highest BCUT2D eigenvalue weighted by atomic mass is 32.1. The van der Waals surface area contributed by atoms with Gasteiger partial charge >= 0.3 is 0 Å². The second kappa shape index (κ2) is 6.61. The first-order valence-corrected chi connectivity index (χ1v) is 8.78. The number of carbonyl (C=O) groups is 1. The van der Waals surface area contributed by atoms with E-state index in [2.05, 4.69) is 15.5 Å². The Balaban J connectivity index is 1.47. The number of aryl methyl sites for hydroxylation is 2. The summed E-state index contributed by atoms with van der Waals surface area (Å²) in [4.78, 5) is 16.6. The van der Waals surface area contributed by atoms with Crippen LogP contribution in [0.25, 0.3) is 21.0 Å². The van der Waals surface area contributed by atoms with Crippen LogP contribution in [0.4, 0.5) is 0 Å². The van der Waals surface area contributed by atoms with E-state index in [1.165, 1.54) is 6.21 Å². The van der Waals surface area contributed by atoms with Gasteiger partial charge in [-0.2, -0.15) is 5.10 Å². The molecule has 1 N–H and O–H groups in total. The number of furan rings is 2. The molecule has 4 aromatic rings. The van der Waals surface area contributed by atoms with Gasteiger partial charge in [-0.15, -0.1) is 11.3 Å². The van der Waals surface area contributed by atoms with E-state index in [4.69, 9.17) is 8.83 Å². The molecule has 6 nitrogen and oxygen atoms in total. The average molecular weight is 365 g/mol. The van der Waals surface area contributed by atoms with Crippen LogP contribution < -0.4 is 5.43 Å². The monoisotopic (exact) mass is 365 g/mol. The van der Waals surface area contributed by atoms with E-state index in [9.17, 15) is 4.79 Å². The minimum Gasteiger partial charge on any atom is -0.466 e. The summed E-state index contributed by atoms with van der Waals surface area (Å²) < 4.78 is 12.2. The molecule has 3 aromatic heterocycles. The first-order valence-electron chi connectivity index (χ1n) is 7.96. The van der Waals surface area contributed by atoms with Gasteiger partial charge < -0.3 is 8.83 Å². The van der Waals surface area contributed by atoms with Gasteiger partial charge in [0.05, 0.1) is 22.0 Å². The third-order valence-electron chi connectivity index (χ3n) is 3.77. The quantitative estimate of drug-likeness (QED) is 0.425. The number of carbonyl (C=O) groups excluding carboxylic acids is 1. The summed E-state index contributed by atoms with van der Waals surface area (Å²) in [5.41, 5.74) is 3.88. The molecular formula is C19H15N3O3S. The lowest BCUT2D eigenvalue weighted by Gasteiger charge is -1.96. The molecule has 0 atom stereocenters. The normalized spacial score (nSPS) is 11.5. The van der Waals surface area contributed by atoms with Crippen LogP contribution in [-0.4, -0.2) is 17.1 Å². The van der Waals surface area contributed by atoms with Gasteiger partial charge in [-0.1, -0.05) is 12.1 Å². The second-order valence-electron chi connectivity index (χ2n) is 5.71. The van der Waals surface area contributed by atoms with Gasteiger partial charge in [0.15, 0.2) is 10.8 Å². The van der Waals surface area contributed by atoms with E-state index in [0.717, 1.165) is 15.2 Å². The molecule has 0 fully saturated rings. The predicted octanol–water partition coefficient (Wildman–Crippen LogP) is 4.53. The number of hydrazone groups is 1. The highest BCUT2D eigenvalue weighted by molar-refractivity contribution is 7.21. The highest BCUT2D eigenvalue weighted by Gasteiger charge is 2.13. The number of nitrogens with one attached hydrogen (secondary N) is 1. The molecule has 0 unspecified atom stereocenters. The molecule has 1 amide bonds. The van der Waals surface area contributed by atoms with E-state index in [-0.39, 0.29) is 5.91 Å². The van der Waals surface area contributed by atoms with E-state index >= 15 is 0 Å². The summed E-state index contributed by atoms with van der Waals surface area (Å²) in [6.45, 7) is 3.53. The maximum atomic E-state index is 12.1. The van der Waals surface area contributed by atoms with Crippen molar-refractivity contribution >= 4 is 33.7 Å². The molecule has 7 heteroatoms. The largest absolute Gasteiger partial charge is 0.466 e. The SMILES string of the molecule is Cc1cc(C(=O)N/N=C\c2ccc(-c3nc4ccccc4s3)o2)c(C)o1. The number of aromatic nitrogens is 1. The van der Waals surface area contributed by atoms with Crippen molar-refractivity contribution in [2.24, 2.45) is 5.10 Å². The van der Waals surface area contributed by atoms with Gasteiger partial charge in [0.25, 0.3) is 5.91 Å². The van der Waals surface area contributed by atoms with E-state index in [1.807, 2.05) is 30.3 Å². The van der Waals surface area contributed by atoms with Crippen molar-refractivity contribution < 1.29 is 13.6 Å². The summed E-state index contributed by atoms with van der Waals surface area (Å²) in [6, 6.07) is 13.2. The fraction of sp³-hybridized carbons (Fsp3) is 0.105. The lowest BCUT2D eigenvalue weighted by atomic mass is 10.2. The van der Waals surface area contributed by atoms with E-state index in [0.29, 0.717) is 28.6 Å². The molecule has 0 aliphatic rings. The Morgan fingerprint density at radius 1 is 1.19 bits per heavy atom. The van der Waals surface area contributed by atoms with E-state index < -0.39 is 0 Å². The number of benzene rings is 1. The molecule has 0 radical (unpaired) electrons. The summed E-state index contributed by atoms with van der Waals surface area (Å²) in [5.74, 6) is 2.11. The summed E-state index contributed by atoms with van der Waals surface area (Å²) in [6.07, 6.45) is 1.46. The summed E-state index contributed by atoms with van der Waals surface area (Å²) in [5, 5.41) is 4.75. The molecule has 26 heavy (non-hydrogen) atoms. The molecule has 4 rings (SSSR count). The zero-order chi connectivity index (χ0) is 18.1. The fourth-order valence-corrected chi connectivity index (χ4v) is 3.51. The molecule has 0 saturated carbocycles. The minimum absolute atomic E-state index is 0.325. The van der Waals surface area contributed by atoms with Crippen LogP contribution in [0.5, 0.6) is 0 Å². The Morgan fingerprint density at radius 3 is 2.81 bits per heavy atom. The Labute approximate surface area is 153 Å². The smallest absolute Gasteiger partial charge is 0.274 e. The van der Waals surface area contributed by atoms with Gasteiger partial charge in [0.1, 0.15) is 17.3 Å². The predicted molar refractivity (Wildman–Crippen MR) is 101 cm³/mol. The lowest BCUT2D eigenvalue weighted by molar-refractivity contribution is 0.0953. The van der Waals surface area contributed by atoms with Crippen LogP contribution in [0.3, 0.4) is 0 Å². The van der Waals surface area contributed by atoms with Crippen LogP contribution >= 0.6 is 11.3 Å². The van der Waals surface area contributed by atoms with Gasteiger partial charge in [-0.05, 0) is 44.2 Å². The summed E-state index contributed by atoms with van der Waals surface area (Å²) in [7, 11) is 0. The van der Waals surface area contributed by atoms with E-state index in [1.54, 1.807) is 37.3 Å². The van der Waals surface area contributed by atoms with Gasteiger partial charge in [0.2, 0.25) is 0 Å². The van der Waals surface area contributed by atoms with Crippen LogP contribution in [0.1, 0.15) is 27.6 Å². The van der Waals surface area contributed by atoms with Crippen molar-refractivity contribution in [3.63, 3.8) is 0 Å². The number of para-hydroxylation sites is 1. The first kappa shape index (κ1) is 16.3. The third-order valence-corrected chi connectivity index (χ3v) is 4.83. The van der Waals surface area contributed by atoms with Gasteiger partial charge in [0, 0.05) is 0 Å². The summed E-state index contributed by atoms with van der Waals surface area (Å²) >= 11 is 1.56. The maximum absolute atomic E-state index is 12.1. The standard InChI is InChI=1S/C19H15N3O3S/c1-11-9-14(12(2)24-11)18(23)22-20-10-13-7-8-16(25-13)19-21-15-5-3-4-6-17(15)26-19/h3-10H,1-2H3,(H,22,23)/b20-10-. The molecule has 130 valence electrons. The molecule has 0 saturated heterocycles. The molecule has 3 heterocycles. The molecule has 0 aliphatic heterocycles. The van der Waals surface area contributed by atoms with Crippen molar-refractivity contribution in [2.45, 2.75) is 13.8 Å². The number of fused-ring (bicyclic) bond motifs is 1. The minimum atomic E-state index is -0.325. The molecular weight excluding hydrogens is 350 g/mol. The number of rotatable bonds is 4. The Bertz CT molecular complexity index is 1090.